The van der Waals surface area contributed by atoms with Crippen molar-refractivity contribution in [2.24, 2.45) is 28.6 Å². The van der Waals surface area contributed by atoms with E-state index in [4.69, 9.17) is 4.74 Å². The van der Waals surface area contributed by atoms with Crippen LogP contribution in [-0.4, -0.2) is 66.5 Å². The van der Waals surface area contributed by atoms with E-state index in [0.29, 0.717) is 24.4 Å². The van der Waals surface area contributed by atoms with Crippen molar-refractivity contribution in [1.82, 2.24) is 9.47 Å². The summed E-state index contributed by atoms with van der Waals surface area (Å²) in [4.78, 5) is 42.0. The van der Waals surface area contributed by atoms with E-state index < -0.39 is 40.4 Å². The summed E-state index contributed by atoms with van der Waals surface area (Å²) in [6, 6.07) is 1.75. The molecule has 2 unspecified atom stereocenters. The molecule has 8 heteroatoms. The Kier molecular flexibility index (Phi) is 7.22. The van der Waals surface area contributed by atoms with Gasteiger partial charge < -0.3 is 24.4 Å². The molecule has 0 bridgehead atoms. The van der Waals surface area contributed by atoms with Crippen LogP contribution in [0.1, 0.15) is 146 Å². The fraction of sp³-hybridized carbons (Fsp3) is 0.630. The summed E-state index contributed by atoms with van der Waals surface area (Å²) in [6.45, 7) is 25.6. The van der Waals surface area contributed by atoms with Crippen molar-refractivity contribution in [3.63, 3.8) is 0 Å². The topological polar surface area (TPSA) is 109 Å². The molecule has 2 N–H and O–H groups in total. The highest BCUT2D eigenvalue weighted by molar-refractivity contribution is 6.18. The molecule has 9 atom stereocenters. The van der Waals surface area contributed by atoms with E-state index in [-0.39, 0.29) is 46.6 Å². The van der Waals surface area contributed by atoms with E-state index in [2.05, 4.69) is 77.8 Å². The minimum absolute atomic E-state index is 0.0210. The minimum atomic E-state index is -0.866. The van der Waals surface area contributed by atoms with Crippen molar-refractivity contribution in [2.45, 2.75) is 148 Å². The summed E-state index contributed by atoms with van der Waals surface area (Å²) >= 11 is 0. The summed E-state index contributed by atoms with van der Waals surface area (Å²) in [7, 11) is 0. The highest BCUT2D eigenvalue weighted by Gasteiger charge is 2.68. The summed E-state index contributed by atoms with van der Waals surface area (Å²) in [5.74, 6) is 0.0415. The van der Waals surface area contributed by atoms with Crippen LogP contribution in [0.15, 0.2) is 36.4 Å². The van der Waals surface area contributed by atoms with Crippen molar-refractivity contribution in [3.05, 3.63) is 64.4 Å². The summed E-state index contributed by atoms with van der Waals surface area (Å²) in [5.41, 5.74) is 4.71. The van der Waals surface area contributed by atoms with Crippen LogP contribution in [0.4, 0.5) is 0 Å². The van der Waals surface area contributed by atoms with Crippen LogP contribution < -0.4 is 0 Å². The molecule has 7 aliphatic rings. The van der Waals surface area contributed by atoms with Crippen molar-refractivity contribution >= 4 is 33.9 Å². The third-order valence-electron chi connectivity index (χ3n) is 16.3. The molecule has 288 valence electrons. The first-order valence-electron chi connectivity index (χ1n) is 20.3. The molecule has 9 rings (SSSR count). The molecule has 1 aromatic carbocycles. The number of nitrogens with zero attached hydrogens (tertiary/aromatic N) is 2. The largest absolute Gasteiger partial charge is 0.392 e. The second-order valence-corrected chi connectivity index (χ2v) is 20.4. The highest BCUT2D eigenvalue weighted by Crippen LogP contribution is 2.71. The third kappa shape index (κ3) is 4.18. The summed E-state index contributed by atoms with van der Waals surface area (Å²) in [5, 5.41) is 25.2. The molecule has 0 spiro atoms. The Morgan fingerprint density at radius 1 is 1.02 bits per heavy atom. The van der Waals surface area contributed by atoms with Gasteiger partial charge in [-0.25, -0.2) is 0 Å². The number of aliphatic hydroxyl groups is 2. The average Bonchev–Trinajstić information content (AvgIpc) is 3.77. The number of carbonyl (C=O) groups is 3. The third-order valence-corrected chi connectivity index (χ3v) is 16.3. The first kappa shape index (κ1) is 36.3. The SMILES string of the molecule is C=C(C)[C@H]1C(=O)c2c3c(cc4c5c(n1c24)[C@@]1(C)C(CC[C@H]2[C@](C)(/C=C/CN4C(=O)CC(=O)C4(C)C)[C@@H](O)CC[C@@]21C)C5)C1=CC(C)(C)OC(C)(C)C1[C@@H]3O. The highest BCUT2D eigenvalue weighted by atomic mass is 16.5. The lowest BCUT2D eigenvalue weighted by Gasteiger charge is -2.64. The number of ether oxygens (including phenoxy) is 1. The molecule has 3 aliphatic heterocycles. The maximum absolute atomic E-state index is 14.9. The van der Waals surface area contributed by atoms with Gasteiger partial charge in [-0.2, -0.15) is 0 Å². The van der Waals surface area contributed by atoms with E-state index >= 15 is 0 Å². The monoisotopic (exact) mass is 734 g/mol. The molecule has 2 saturated carbocycles. The van der Waals surface area contributed by atoms with Gasteiger partial charge in [0.05, 0.1) is 46.4 Å². The normalized spacial score (nSPS) is 39.5. The number of benzene rings is 1. The van der Waals surface area contributed by atoms with Gasteiger partial charge in [0, 0.05) is 39.9 Å². The maximum Gasteiger partial charge on any atom is 0.231 e. The van der Waals surface area contributed by atoms with Crippen molar-refractivity contribution in [2.75, 3.05) is 6.54 Å². The van der Waals surface area contributed by atoms with Crippen molar-refractivity contribution in [1.29, 1.82) is 0 Å². The number of carbonyl (C=O) groups excluding carboxylic acids is 3. The number of Topliss-reactive ketones (excluding diaryl/α,β-unsaturated/α-hetero) is 2. The van der Waals surface area contributed by atoms with Gasteiger partial charge in [-0.15, -0.1) is 0 Å². The van der Waals surface area contributed by atoms with Gasteiger partial charge in [-0.05, 0) is 127 Å². The van der Waals surface area contributed by atoms with Gasteiger partial charge in [0.2, 0.25) is 5.91 Å². The fourth-order valence-corrected chi connectivity index (χ4v) is 13.8. The van der Waals surface area contributed by atoms with E-state index in [1.54, 1.807) is 4.90 Å². The van der Waals surface area contributed by atoms with Gasteiger partial charge in [-0.3, -0.25) is 14.4 Å². The van der Waals surface area contributed by atoms with Crippen LogP contribution in [0.25, 0.3) is 16.5 Å². The van der Waals surface area contributed by atoms with Gasteiger partial charge >= 0.3 is 0 Å². The minimum Gasteiger partial charge on any atom is -0.392 e. The van der Waals surface area contributed by atoms with E-state index in [0.717, 1.165) is 58.9 Å². The number of ketones is 2. The molecule has 54 heavy (non-hydrogen) atoms. The number of hydrogen-bond acceptors (Lipinski definition) is 6. The molecular formula is C46H58N2O6. The maximum atomic E-state index is 14.9. The first-order chi connectivity index (χ1) is 25.0. The number of allylic oxidation sites excluding steroid dienone is 1. The predicted octanol–water partition coefficient (Wildman–Crippen LogP) is 7.73. The lowest BCUT2D eigenvalue weighted by Crippen LogP contribution is -2.62. The Balaban J connectivity index is 1.20. The molecule has 0 radical (unpaired) electrons. The average molecular weight is 735 g/mol. The standard InChI is InChI=1S/C46H58N2O6/c1-23(2)36-39(53)34-33-25(28-22-41(3,4)54-43(7,8)35(28)38(33)52)20-26-27-19-24-13-14-29-44(9,16-12-18-47-32(51)21-31(50)42(47,5)6)30(49)15-17-45(29,10)46(24,11)40(27)48(36)37(26)34/h12,16,20,22,24,29-30,35-36,38,49,52H,1,13-15,17-19,21H2,2-11H3/b16-12+/t24?,29-,30-,35?,36-,38+,44-,45-,46+/m0/s1. The lowest BCUT2D eigenvalue weighted by molar-refractivity contribution is -0.145. The Morgan fingerprint density at radius 3 is 2.37 bits per heavy atom. The zero-order valence-corrected chi connectivity index (χ0v) is 33.9. The van der Waals surface area contributed by atoms with Crippen LogP contribution in [-0.2, 0) is 26.2 Å². The van der Waals surface area contributed by atoms with Crippen molar-refractivity contribution < 1.29 is 29.3 Å². The zero-order valence-electron chi connectivity index (χ0n) is 33.9. The fourth-order valence-electron chi connectivity index (χ4n) is 13.8. The molecule has 1 amide bonds. The van der Waals surface area contributed by atoms with Gasteiger partial charge in [0.25, 0.3) is 0 Å². The number of fused-ring (bicyclic) bond motifs is 11. The first-order valence-corrected chi connectivity index (χ1v) is 20.3. The molecule has 4 heterocycles. The number of rotatable bonds is 4. The number of aliphatic hydroxyl groups excluding tert-OH is 2. The smallest absolute Gasteiger partial charge is 0.231 e. The molecule has 1 aromatic heterocycles. The van der Waals surface area contributed by atoms with Crippen LogP contribution in [0.2, 0.25) is 0 Å². The number of hydrogen-bond donors (Lipinski definition) is 2. The van der Waals surface area contributed by atoms with Crippen LogP contribution in [0.3, 0.4) is 0 Å². The van der Waals surface area contributed by atoms with Crippen LogP contribution >= 0.6 is 0 Å². The van der Waals surface area contributed by atoms with E-state index in [9.17, 15) is 24.6 Å². The molecular weight excluding hydrogens is 677 g/mol. The summed E-state index contributed by atoms with van der Waals surface area (Å²) in [6.07, 6.45) is 9.27. The molecule has 4 aliphatic carbocycles. The number of likely N-dealkylation sites (tertiary alicyclic amines) is 1. The van der Waals surface area contributed by atoms with Crippen LogP contribution in [0.5, 0.6) is 0 Å². The predicted molar refractivity (Wildman–Crippen MR) is 209 cm³/mol. The molecule has 2 aromatic rings. The molecule has 3 fully saturated rings. The molecule has 8 nitrogen and oxygen atoms in total. The van der Waals surface area contributed by atoms with E-state index in [1.165, 1.54) is 11.3 Å². The number of amides is 1. The Labute approximate surface area is 319 Å². The van der Waals surface area contributed by atoms with Gasteiger partial charge in [0.15, 0.2) is 11.6 Å². The number of aromatic nitrogens is 1. The quantitative estimate of drug-likeness (QED) is 0.246. The Bertz CT molecular complexity index is 2180. The molecule has 1 saturated heterocycles. The van der Waals surface area contributed by atoms with Gasteiger partial charge in [0.1, 0.15) is 6.04 Å². The Hall–Kier alpha value is -3.33. The Morgan fingerprint density at radius 2 is 1.72 bits per heavy atom. The lowest BCUT2D eigenvalue weighted by atomic mass is 9.40. The van der Waals surface area contributed by atoms with Crippen LogP contribution in [0, 0.1) is 28.6 Å². The second kappa shape index (κ2) is 10.7. The van der Waals surface area contributed by atoms with Crippen molar-refractivity contribution in [3.8, 4) is 0 Å². The second-order valence-electron chi connectivity index (χ2n) is 20.4. The zero-order chi connectivity index (χ0) is 39.0. The summed E-state index contributed by atoms with van der Waals surface area (Å²) < 4.78 is 8.89. The van der Waals surface area contributed by atoms with E-state index in [1.807, 2.05) is 26.8 Å². The van der Waals surface area contributed by atoms with Gasteiger partial charge in [-0.1, -0.05) is 45.1 Å².